The standard InChI is InChI=1S/C16H26N2/c1-13(14-5-3-2-4-6-14)11-16(12-17)15-7-9-18-10-8-15/h2-6,13,15-16,18H,7-12,17H2,1H3. The first-order valence-electron chi connectivity index (χ1n) is 7.27. The molecule has 100 valence electrons. The zero-order valence-corrected chi connectivity index (χ0v) is 11.4. The molecule has 2 unspecified atom stereocenters. The molecule has 2 atom stereocenters. The fourth-order valence-electron chi connectivity index (χ4n) is 3.17. The first-order valence-corrected chi connectivity index (χ1v) is 7.27. The van der Waals surface area contributed by atoms with E-state index in [4.69, 9.17) is 5.73 Å². The van der Waals surface area contributed by atoms with Gasteiger partial charge in [0.2, 0.25) is 0 Å². The summed E-state index contributed by atoms with van der Waals surface area (Å²) < 4.78 is 0. The van der Waals surface area contributed by atoms with Crippen molar-refractivity contribution in [2.75, 3.05) is 19.6 Å². The predicted molar refractivity (Wildman–Crippen MR) is 77.6 cm³/mol. The summed E-state index contributed by atoms with van der Waals surface area (Å²) in [6.45, 7) is 5.50. The fourth-order valence-corrected chi connectivity index (χ4v) is 3.17. The van der Waals surface area contributed by atoms with Crippen LogP contribution in [0.2, 0.25) is 0 Å². The van der Waals surface area contributed by atoms with Crippen molar-refractivity contribution in [2.45, 2.75) is 32.1 Å². The Labute approximate surface area is 111 Å². The molecule has 0 amide bonds. The van der Waals surface area contributed by atoms with Gasteiger partial charge in [-0.3, -0.25) is 0 Å². The summed E-state index contributed by atoms with van der Waals surface area (Å²) in [7, 11) is 0. The molecule has 1 heterocycles. The molecule has 0 radical (unpaired) electrons. The van der Waals surface area contributed by atoms with Crippen LogP contribution in [0.3, 0.4) is 0 Å². The van der Waals surface area contributed by atoms with E-state index in [0.29, 0.717) is 11.8 Å². The van der Waals surface area contributed by atoms with E-state index in [0.717, 1.165) is 12.5 Å². The van der Waals surface area contributed by atoms with Gasteiger partial charge in [0, 0.05) is 0 Å². The van der Waals surface area contributed by atoms with E-state index in [-0.39, 0.29) is 0 Å². The van der Waals surface area contributed by atoms with Crippen molar-refractivity contribution < 1.29 is 0 Å². The molecule has 1 saturated heterocycles. The molecule has 18 heavy (non-hydrogen) atoms. The van der Waals surface area contributed by atoms with Crippen molar-refractivity contribution in [3.05, 3.63) is 35.9 Å². The minimum absolute atomic E-state index is 0.620. The summed E-state index contributed by atoms with van der Waals surface area (Å²) >= 11 is 0. The lowest BCUT2D eigenvalue weighted by molar-refractivity contribution is 0.243. The number of hydrogen-bond acceptors (Lipinski definition) is 2. The van der Waals surface area contributed by atoms with Crippen molar-refractivity contribution in [2.24, 2.45) is 17.6 Å². The van der Waals surface area contributed by atoms with Gasteiger partial charge in [0.15, 0.2) is 0 Å². The smallest absolute Gasteiger partial charge is 0.00460 e. The van der Waals surface area contributed by atoms with Gasteiger partial charge < -0.3 is 11.1 Å². The SMILES string of the molecule is CC(CC(CN)C1CCNCC1)c1ccccc1. The maximum Gasteiger partial charge on any atom is -0.00460 e. The number of hydrogen-bond donors (Lipinski definition) is 2. The van der Waals surface area contributed by atoms with Crippen molar-refractivity contribution in [1.29, 1.82) is 0 Å². The van der Waals surface area contributed by atoms with Crippen LogP contribution in [0.1, 0.15) is 37.7 Å². The highest BCUT2D eigenvalue weighted by molar-refractivity contribution is 5.18. The largest absolute Gasteiger partial charge is 0.330 e. The van der Waals surface area contributed by atoms with Crippen LogP contribution in [0, 0.1) is 11.8 Å². The molecule has 1 fully saturated rings. The van der Waals surface area contributed by atoms with Gasteiger partial charge in [-0.1, -0.05) is 37.3 Å². The van der Waals surface area contributed by atoms with Crippen LogP contribution in [0.15, 0.2) is 30.3 Å². The normalized spacial score (nSPS) is 20.6. The van der Waals surface area contributed by atoms with Gasteiger partial charge >= 0.3 is 0 Å². The first-order chi connectivity index (χ1) is 8.81. The lowest BCUT2D eigenvalue weighted by Gasteiger charge is -2.31. The molecule has 2 rings (SSSR count). The van der Waals surface area contributed by atoms with Gasteiger partial charge in [0.05, 0.1) is 0 Å². The Morgan fingerprint density at radius 3 is 2.50 bits per heavy atom. The second-order valence-electron chi connectivity index (χ2n) is 5.63. The molecule has 1 aliphatic heterocycles. The Morgan fingerprint density at radius 2 is 1.89 bits per heavy atom. The highest BCUT2D eigenvalue weighted by Crippen LogP contribution is 2.30. The van der Waals surface area contributed by atoms with Crippen LogP contribution in [0.5, 0.6) is 0 Å². The molecule has 2 nitrogen and oxygen atoms in total. The zero-order chi connectivity index (χ0) is 12.8. The second kappa shape index (κ2) is 6.91. The predicted octanol–water partition coefficient (Wildman–Crippen LogP) is 2.75. The number of rotatable bonds is 5. The number of piperidine rings is 1. The molecule has 1 aliphatic rings. The van der Waals surface area contributed by atoms with Crippen molar-refractivity contribution in [3.8, 4) is 0 Å². The van der Waals surface area contributed by atoms with E-state index in [9.17, 15) is 0 Å². The van der Waals surface area contributed by atoms with E-state index in [1.807, 2.05) is 0 Å². The topological polar surface area (TPSA) is 38.0 Å². The van der Waals surface area contributed by atoms with Gasteiger partial charge in [-0.2, -0.15) is 0 Å². The van der Waals surface area contributed by atoms with Crippen LogP contribution in [-0.4, -0.2) is 19.6 Å². The Morgan fingerprint density at radius 1 is 1.22 bits per heavy atom. The molecule has 3 N–H and O–H groups in total. The van der Waals surface area contributed by atoms with Gasteiger partial charge in [-0.05, 0) is 62.2 Å². The van der Waals surface area contributed by atoms with Crippen LogP contribution in [0.4, 0.5) is 0 Å². The molecule has 1 aromatic rings. The summed E-state index contributed by atoms with van der Waals surface area (Å²) in [5.74, 6) is 2.12. The summed E-state index contributed by atoms with van der Waals surface area (Å²) in [6, 6.07) is 10.8. The molecule has 0 aromatic heterocycles. The van der Waals surface area contributed by atoms with Gasteiger partial charge in [-0.15, -0.1) is 0 Å². The van der Waals surface area contributed by atoms with Crippen LogP contribution >= 0.6 is 0 Å². The summed E-state index contributed by atoms with van der Waals surface area (Å²) in [5, 5.41) is 3.44. The van der Waals surface area contributed by atoms with E-state index < -0.39 is 0 Å². The average molecular weight is 246 g/mol. The lowest BCUT2D eigenvalue weighted by Crippen LogP contribution is -2.35. The van der Waals surface area contributed by atoms with E-state index >= 15 is 0 Å². The monoisotopic (exact) mass is 246 g/mol. The Kier molecular flexibility index (Phi) is 5.21. The van der Waals surface area contributed by atoms with E-state index in [1.165, 1.54) is 37.9 Å². The summed E-state index contributed by atoms with van der Waals surface area (Å²) in [6.07, 6.45) is 3.82. The van der Waals surface area contributed by atoms with E-state index in [1.54, 1.807) is 0 Å². The molecule has 0 saturated carbocycles. The maximum absolute atomic E-state index is 6.01. The third-order valence-electron chi connectivity index (χ3n) is 4.38. The molecule has 0 spiro atoms. The molecule has 1 aromatic carbocycles. The van der Waals surface area contributed by atoms with Gasteiger partial charge in [-0.25, -0.2) is 0 Å². The lowest BCUT2D eigenvalue weighted by atomic mass is 9.78. The van der Waals surface area contributed by atoms with Crippen LogP contribution in [0.25, 0.3) is 0 Å². The zero-order valence-electron chi connectivity index (χ0n) is 11.4. The number of nitrogens with one attached hydrogen (secondary N) is 1. The van der Waals surface area contributed by atoms with Crippen LogP contribution < -0.4 is 11.1 Å². The molecular weight excluding hydrogens is 220 g/mol. The van der Waals surface area contributed by atoms with Crippen molar-refractivity contribution >= 4 is 0 Å². The quantitative estimate of drug-likeness (QED) is 0.838. The average Bonchev–Trinajstić information content (AvgIpc) is 2.46. The van der Waals surface area contributed by atoms with Gasteiger partial charge in [0.1, 0.15) is 0 Å². The number of nitrogens with two attached hydrogens (primary N) is 1. The van der Waals surface area contributed by atoms with Crippen molar-refractivity contribution in [3.63, 3.8) is 0 Å². The molecule has 0 bridgehead atoms. The molecular formula is C16H26N2. The summed E-state index contributed by atoms with van der Waals surface area (Å²) in [4.78, 5) is 0. The number of benzene rings is 1. The molecule has 2 heteroatoms. The third kappa shape index (κ3) is 3.56. The highest BCUT2D eigenvalue weighted by Gasteiger charge is 2.24. The first kappa shape index (κ1) is 13.6. The second-order valence-corrected chi connectivity index (χ2v) is 5.63. The fraction of sp³-hybridized carbons (Fsp3) is 0.625. The Hall–Kier alpha value is -0.860. The van der Waals surface area contributed by atoms with E-state index in [2.05, 4.69) is 42.6 Å². The minimum atomic E-state index is 0.620. The van der Waals surface area contributed by atoms with Crippen molar-refractivity contribution in [1.82, 2.24) is 5.32 Å². The third-order valence-corrected chi connectivity index (χ3v) is 4.38. The summed E-state index contributed by atoms with van der Waals surface area (Å²) in [5.41, 5.74) is 7.46. The molecule has 0 aliphatic carbocycles. The minimum Gasteiger partial charge on any atom is -0.330 e. The highest BCUT2D eigenvalue weighted by atomic mass is 14.9. The Bertz CT molecular complexity index is 330. The maximum atomic E-state index is 6.01. The van der Waals surface area contributed by atoms with Crippen LogP contribution in [-0.2, 0) is 0 Å². The van der Waals surface area contributed by atoms with Gasteiger partial charge in [0.25, 0.3) is 0 Å². The Balaban J connectivity index is 1.93.